The molecular weight excluding hydrogens is 343 g/mol. The van der Waals surface area contributed by atoms with Crippen LogP contribution >= 0.6 is 0 Å². The molecule has 2 aromatic rings. The lowest BCUT2D eigenvalue weighted by Crippen LogP contribution is -2.61. The summed E-state index contributed by atoms with van der Waals surface area (Å²) in [6.07, 6.45) is 1.36. The van der Waals surface area contributed by atoms with Gasteiger partial charge in [0.2, 0.25) is 0 Å². The number of halogens is 1. The van der Waals surface area contributed by atoms with Crippen molar-refractivity contribution in [1.29, 1.82) is 5.26 Å². The largest absolute Gasteiger partial charge is 0.389 e. The molecule has 2 unspecified atom stereocenters. The van der Waals surface area contributed by atoms with Gasteiger partial charge in [-0.25, -0.2) is 4.39 Å². The van der Waals surface area contributed by atoms with Gasteiger partial charge in [0.05, 0.1) is 30.4 Å². The molecule has 4 nitrogen and oxygen atoms in total. The van der Waals surface area contributed by atoms with Crippen LogP contribution < -0.4 is 0 Å². The van der Waals surface area contributed by atoms with Crippen molar-refractivity contribution in [3.8, 4) is 6.07 Å². The van der Waals surface area contributed by atoms with Crippen LogP contribution in [-0.4, -0.2) is 40.9 Å². The Kier molecular flexibility index (Phi) is 4.96. The molecule has 0 aliphatic carbocycles. The zero-order valence-electron chi connectivity index (χ0n) is 15.1. The number of fused-ring (bicyclic) bond motifs is 2. The maximum atomic E-state index is 14.3. The quantitative estimate of drug-likeness (QED) is 0.904. The van der Waals surface area contributed by atoms with Crippen LogP contribution in [0.15, 0.2) is 48.5 Å². The van der Waals surface area contributed by atoms with Gasteiger partial charge in [-0.1, -0.05) is 36.4 Å². The predicted molar refractivity (Wildman–Crippen MR) is 99.4 cm³/mol. The third kappa shape index (κ3) is 3.89. The summed E-state index contributed by atoms with van der Waals surface area (Å²) in [5.74, 6) is -0.421. The van der Waals surface area contributed by atoms with Crippen LogP contribution in [0.4, 0.5) is 4.39 Å². The van der Waals surface area contributed by atoms with Gasteiger partial charge in [0.15, 0.2) is 0 Å². The monoisotopic (exact) mass is 366 g/mol. The molecule has 140 valence electrons. The van der Waals surface area contributed by atoms with Crippen molar-refractivity contribution in [2.75, 3.05) is 13.2 Å². The zero-order valence-corrected chi connectivity index (χ0v) is 15.1. The van der Waals surface area contributed by atoms with Crippen LogP contribution in [0.1, 0.15) is 29.5 Å². The molecule has 2 bridgehead atoms. The molecule has 2 heterocycles. The second-order valence-electron chi connectivity index (χ2n) is 7.73. The maximum Gasteiger partial charge on any atom is 0.127 e. The van der Waals surface area contributed by atoms with Gasteiger partial charge in [-0.3, -0.25) is 4.90 Å². The van der Waals surface area contributed by atoms with Crippen molar-refractivity contribution in [2.45, 2.75) is 43.5 Å². The van der Waals surface area contributed by atoms with Gasteiger partial charge in [0, 0.05) is 25.0 Å². The molecule has 0 spiro atoms. The summed E-state index contributed by atoms with van der Waals surface area (Å²) in [6, 6.07) is 17.0. The lowest BCUT2D eigenvalue weighted by molar-refractivity contribution is -0.145. The molecule has 2 saturated heterocycles. The first-order valence-electron chi connectivity index (χ1n) is 9.35. The number of nitrogens with zero attached hydrogens (tertiary/aromatic N) is 2. The zero-order chi connectivity index (χ0) is 18.9. The van der Waals surface area contributed by atoms with Crippen LogP contribution in [0.5, 0.6) is 0 Å². The molecule has 2 aliphatic heterocycles. The van der Waals surface area contributed by atoms with Crippen LogP contribution in [0, 0.1) is 17.1 Å². The van der Waals surface area contributed by atoms with E-state index in [9.17, 15) is 9.50 Å². The predicted octanol–water partition coefficient (Wildman–Crippen LogP) is 3.03. The van der Waals surface area contributed by atoms with E-state index in [0.29, 0.717) is 37.2 Å². The Morgan fingerprint density at radius 3 is 2.48 bits per heavy atom. The van der Waals surface area contributed by atoms with Crippen LogP contribution in [0.2, 0.25) is 0 Å². The van der Waals surface area contributed by atoms with E-state index >= 15 is 0 Å². The third-order valence-corrected chi connectivity index (χ3v) is 5.70. The standard InChI is InChI=1S/C22H23FN2O2/c23-21-8-17(12-24)6-7-18(21)9-22(26)10-19-14-27-15-20(11-22)25(19)13-16-4-2-1-3-5-16/h1-8,19-20,26H,9-11,13-15H2. The van der Waals surface area contributed by atoms with Gasteiger partial charge in [-0.2, -0.15) is 5.26 Å². The molecule has 4 rings (SSSR count). The van der Waals surface area contributed by atoms with E-state index in [1.807, 2.05) is 24.3 Å². The number of ether oxygens (including phenoxy) is 1. The minimum absolute atomic E-state index is 0.115. The molecule has 1 N–H and O–H groups in total. The number of hydrogen-bond acceptors (Lipinski definition) is 4. The summed E-state index contributed by atoms with van der Waals surface area (Å²) >= 11 is 0. The molecule has 2 aliphatic rings. The maximum absolute atomic E-state index is 14.3. The van der Waals surface area contributed by atoms with Crippen molar-refractivity contribution >= 4 is 0 Å². The summed E-state index contributed by atoms with van der Waals surface area (Å²) in [5, 5.41) is 20.2. The molecule has 0 amide bonds. The first-order chi connectivity index (χ1) is 13.1. The molecule has 0 radical (unpaired) electrons. The van der Waals surface area contributed by atoms with Crippen LogP contribution in [0.3, 0.4) is 0 Å². The molecule has 27 heavy (non-hydrogen) atoms. The van der Waals surface area contributed by atoms with Crippen molar-refractivity contribution < 1.29 is 14.2 Å². The average Bonchev–Trinajstić information content (AvgIpc) is 2.65. The highest BCUT2D eigenvalue weighted by Crippen LogP contribution is 2.37. The minimum atomic E-state index is -0.957. The van der Waals surface area contributed by atoms with Crippen LogP contribution in [-0.2, 0) is 17.7 Å². The normalized spacial score (nSPS) is 27.9. The highest BCUT2D eigenvalue weighted by molar-refractivity contribution is 5.33. The lowest BCUT2D eigenvalue weighted by Gasteiger charge is -2.51. The Balaban J connectivity index is 1.51. The van der Waals surface area contributed by atoms with Crippen molar-refractivity contribution in [3.63, 3.8) is 0 Å². The van der Waals surface area contributed by atoms with E-state index in [4.69, 9.17) is 10.00 Å². The number of piperidine rings is 1. The average molecular weight is 366 g/mol. The van der Waals surface area contributed by atoms with Crippen molar-refractivity contribution in [1.82, 2.24) is 4.90 Å². The van der Waals surface area contributed by atoms with Crippen molar-refractivity contribution in [2.24, 2.45) is 0 Å². The van der Waals surface area contributed by atoms with E-state index in [2.05, 4.69) is 17.0 Å². The lowest BCUT2D eigenvalue weighted by atomic mass is 9.77. The number of aliphatic hydroxyl groups is 1. The molecule has 2 atom stereocenters. The van der Waals surface area contributed by atoms with Gasteiger partial charge in [0.1, 0.15) is 5.82 Å². The topological polar surface area (TPSA) is 56.5 Å². The fourth-order valence-corrected chi connectivity index (χ4v) is 4.45. The second kappa shape index (κ2) is 7.40. The van der Waals surface area contributed by atoms with Gasteiger partial charge in [-0.05, 0) is 36.1 Å². The molecule has 0 aromatic heterocycles. The molecule has 0 saturated carbocycles. The highest BCUT2D eigenvalue weighted by atomic mass is 19.1. The summed E-state index contributed by atoms with van der Waals surface area (Å²) < 4.78 is 20.1. The number of benzene rings is 2. The Morgan fingerprint density at radius 2 is 1.85 bits per heavy atom. The van der Waals surface area contributed by atoms with Gasteiger partial charge >= 0.3 is 0 Å². The molecule has 2 fully saturated rings. The number of hydrogen-bond donors (Lipinski definition) is 1. The SMILES string of the molecule is N#Cc1ccc(CC2(O)CC3COCC(C2)N3Cc2ccccc2)c(F)c1. The molecule has 2 aromatic carbocycles. The van der Waals surface area contributed by atoms with E-state index in [1.165, 1.54) is 11.6 Å². The Hall–Kier alpha value is -2.26. The van der Waals surface area contributed by atoms with Gasteiger partial charge in [0.25, 0.3) is 0 Å². The summed E-state index contributed by atoms with van der Waals surface area (Å²) in [7, 11) is 0. The Labute approximate surface area is 158 Å². The summed E-state index contributed by atoms with van der Waals surface area (Å²) in [6.45, 7) is 2.00. The van der Waals surface area contributed by atoms with E-state index < -0.39 is 11.4 Å². The van der Waals surface area contributed by atoms with Crippen LogP contribution in [0.25, 0.3) is 0 Å². The number of rotatable bonds is 4. The Bertz CT molecular complexity index is 835. The van der Waals surface area contributed by atoms with Gasteiger partial charge in [-0.15, -0.1) is 0 Å². The number of nitriles is 1. The third-order valence-electron chi connectivity index (χ3n) is 5.70. The van der Waals surface area contributed by atoms with Gasteiger partial charge < -0.3 is 9.84 Å². The molecule has 5 heteroatoms. The fourth-order valence-electron chi connectivity index (χ4n) is 4.45. The van der Waals surface area contributed by atoms with E-state index in [-0.39, 0.29) is 18.5 Å². The smallest absolute Gasteiger partial charge is 0.127 e. The highest BCUT2D eigenvalue weighted by Gasteiger charge is 2.46. The first kappa shape index (κ1) is 18.1. The first-order valence-corrected chi connectivity index (χ1v) is 9.35. The second-order valence-corrected chi connectivity index (χ2v) is 7.73. The molecular formula is C22H23FN2O2. The van der Waals surface area contributed by atoms with E-state index in [0.717, 1.165) is 6.54 Å². The summed E-state index contributed by atoms with van der Waals surface area (Å²) in [4.78, 5) is 2.42. The van der Waals surface area contributed by atoms with Crippen molar-refractivity contribution in [3.05, 3.63) is 71.0 Å². The Morgan fingerprint density at radius 1 is 1.15 bits per heavy atom. The minimum Gasteiger partial charge on any atom is -0.389 e. The van der Waals surface area contributed by atoms with E-state index in [1.54, 1.807) is 12.1 Å². The number of morpholine rings is 1. The summed E-state index contributed by atoms with van der Waals surface area (Å²) in [5.41, 5.74) is 1.05. The fraction of sp³-hybridized carbons (Fsp3) is 0.409.